The van der Waals surface area contributed by atoms with E-state index >= 15 is 0 Å². The molecule has 45 heavy (non-hydrogen) atoms. The van der Waals surface area contributed by atoms with E-state index in [0.717, 1.165) is 0 Å². The quantitative estimate of drug-likeness (QED) is 0.169. The summed E-state index contributed by atoms with van der Waals surface area (Å²) in [6.45, 7) is 19.1. The normalized spacial score (nSPS) is 9.80. The Kier molecular flexibility index (Phi) is 15.1. The molecule has 0 aliphatic carbocycles. The molecule has 0 atom stereocenters. The molecule has 0 radical (unpaired) electrons. The number of hydrogen-bond acceptors (Lipinski definition) is 1. The average Bonchev–Trinajstić information content (AvgIpc) is 3.61. The molecule has 0 aliphatic heterocycles. The fourth-order valence-corrected chi connectivity index (χ4v) is 5.97. The van der Waals surface area contributed by atoms with Crippen LogP contribution in [0, 0.1) is 62.3 Å². The first kappa shape index (κ1) is 38.9. The van der Waals surface area contributed by atoms with E-state index in [-0.39, 0.29) is 22.3 Å². The van der Waals surface area contributed by atoms with Crippen molar-refractivity contribution < 1.29 is 0 Å². The molecule has 2 N–H and O–H groups in total. The molecule has 0 saturated heterocycles. The molecule has 7 rings (SSSR count). The van der Waals surface area contributed by atoms with Crippen molar-refractivity contribution in [2.24, 2.45) is 0 Å². The van der Waals surface area contributed by atoms with Gasteiger partial charge in [0.15, 0.2) is 0 Å². The van der Waals surface area contributed by atoms with Gasteiger partial charge in [-0.1, -0.05) is 81.9 Å². The minimum absolute atomic E-state index is 0. The summed E-state index contributed by atoms with van der Waals surface area (Å²) >= 11 is 1.87. The van der Waals surface area contributed by atoms with Crippen LogP contribution in [0.1, 0.15) is 71.8 Å². The molecule has 4 aromatic carbocycles. The van der Waals surface area contributed by atoms with Crippen LogP contribution < -0.4 is 0 Å². The number of aromatic amines is 2. The van der Waals surface area contributed by atoms with Crippen LogP contribution in [-0.2, 0) is 0 Å². The summed E-state index contributed by atoms with van der Waals surface area (Å²) in [6, 6.07) is 30.4. The molecule has 0 fully saturated rings. The van der Waals surface area contributed by atoms with Gasteiger partial charge in [0.1, 0.15) is 0 Å². The molecule has 0 aliphatic rings. The first-order valence-corrected chi connectivity index (χ1v) is 15.4. The van der Waals surface area contributed by atoms with Gasteiger partial charge in [-0.3, -0.25) is 0 Å². The number of rotatable bonds is 0. The lowest BCUT2D eigenvalue weighted by atomic mass is 10.1. The molecule has 0 spiro atoms. The molecule has 3 aromatic heterocycles. The number of aromatic nitrogens is 2. The van der Waals surface area contributed by atoms with E-state index in [1.807, 2.05) is 17.5 Å². The third-order valence-corrected chi connectivity index (χ3v) is 8.43. The van der Waals surface area contributed by atoms with Gasteiger partial charge in [0, 0.05) is 37.9 Å². The highest BCUT2D eigenvalue weighted by Gasteiger charge is 1.98. The van der Waals surface area contributed by atoms with E-state index in [1.54, 1.807) is 0 Å². The summed E-state index contributed by atoms with van der Waals surface area (Å²) in [4.78, 5) is 7.91. The van der Waals surface area contributed by atoms with Crippen molar-refractivity contribution in [2.45, 2.75) is 84.6 Å². The molecule has 7 aromatic rings. The van der Waals surface area contributed by atoms with Crippen LogP contribution >= 0.6 is 11.3 Å². The van der Waals surface area contributed by atoms with Crippen LogP contribution in [0.4, 0.5) is 0 Å². The van der Waals surface area contributed by atoms with E-state index in [0.29, 0.717) is 0 Å². The number of thiophene rings is 1. The smallest absolute Gasteiger partial charge is 0.0459 e. The molecule has 3 heterocycles. The highest BCUT2D eigenvalue weighted by molar-refractivity contribution is 7.19. The minimum atomic E-state index is 0. The van der Waals surface area contributed by atoms with E-state index in [1.165, 1.54) is 81.4 Å². The fourth-order valence-electron chi connectivity index (χ4n) is 4.94. The maximum Gasteiger partial charge on any atom is 0.0459 e. The van der Waals surface area contributed by atoms with Crippen molar-refractivity contribution in [1.29, 1.82) is 0 Å². The second-order valence-electron chi connectivity index (χ2n) is 11.5. The monoisotopic (exact) mass is 620 g/mol. The average molecular weight is 621 g/mol. The van der Waals surface area contributed by atoms with Crippen LogP contribution in [0.3, 0.4) is 0 Å². The van der Waals surface area contributed by atoms with Gasteiger partial charge in [-0.05, 0) is 137 Å². The fraction of sp³-hybridized carbons (Fsp3) is 0.286. The van der Waals surface area contributed by atoms with Gasteiger partial charge in [-0.2, -0.15) is 0 Å². The number of fused-ring (bicyclic) bond motifs is 3. The van der Waals surface area contributed by atoms with Gasteiger partial charge in [0.2, 0.25) is 0 Å². The molecular formula is C42H56N2S. The van der Waals surface area contributed by atoms with Crippen molar-refractivity contribution >= 4 is 43.2 Å². The standard InChI is InChI=1S/2C10H11N.C10H10S.C9H12.3CH4/c1-7-3-4-10-9(5-7)6-8(2)11-10;1-7-3-4-9-8(2)6-11-10(9)5-7;1-7-3-4-9-6-8(2)11-10(9)5-7;1-7-4-5-8(2)9(3)6-7;;;/h2*3-6,11H,1-2H3;3-6H,1-2H3;4-6H,1-3H3;3*1H4. The third-order valence-electron chi connectivity index (χ3n) is 7.42. The highest BCUT2D eigenvalue weighted by atomic mass is 32.1. The van der Waals surface area contributed by atoms with Crippen LogP contribution in [0.15, 0.2) is 91.1 Å². The number of H-pyrrole nitrogens is 2. The van der Waals surface area contributed by atoms with Crippen LogP contribution in [-0.4, -0.2) is 9.97 Å². The number of aryl methyl sites for hydroxylation is 9. The summed E-state index contributed by atoms with van der Waals surface area (Å²) in [6.07, 6.45) is 2.05. The topological polar surface area (TPSA) is 31.6 Å². The second-order valence-corrected chi connectivity index (χ2v) is 12.8. The number of benzene rings is 4. The zero-order valence-electron chi connectivity index (χ0n) is 26.6. The molecule has 0 saturated carbocycles. The zero-order valence-corrected chi connectivity index (χ0v) is 27.4. The maximum absolute atomic E-state index is 3.29. The predicted octanol–water partition coefficient (Wildman–Crippen LogP) is 13.6. The number of nitrogens with one attached hydrogen (secondary N) is 2. The first-order valence-electron chi connectivity index (χ1n) is 14.6. The Morgan fingerprint density at radius 2 is 1.07 bits per heavy atom. The summed E-state index contributed by atoms with van der Waals surface area (Å²) in [7, 11) is 0. The summed E-state index contributed by atoms with van der Waals surface area (Å²) < 4.78 is 1.41. The Balaban J connectivity index is 0.000000294. The Bertz CT molecular complexity index is 1840. The lowest BCUT2D eigenvalue weighted by molar-refractivity contribution is 1.30. The SMILES string of the molecule is C.C.C.Cc1ccc(C)c(C)c1.Cc1ccc2[nH]c(C)cc2c1.Cc1ccc2c(C)c[nH]c2c1.Cc1ccc2cc(C)sc2c1. The van der Waals surface area contributed by atoms with Crippen LogP contribution in [0.2, 0.25) is 0 Å². The molecule has 0 unspecified atom stereocenters. The molecular weight excluding hydrogens is 565 g/mol. The second kappa shape index (κ2) is 17.4. The maximum atomic E-state index is 3.29. The van der Waals surface area contributed by atoms with E-state index in [2.05, 4.69) is 157 Å². The Morgan fingerprint density at radius 3 is 1.76 bits per heavy atom. The minimum Gasteiger partial charge on any atom is -0.361 e. The van der Waals surface area contributed by atoms with Gasteiger partial charge in [0.25, 0.3) is 0 Å². The lowest BCUT2D eigenvalue weighted by Gasteiger charge is -1.98. The van der Waals surface area contributed by atoms with Crippen molar-refractivity contribution in [1.82, 2.24) is 9.97 Å². The largest absolute Gasteiger partial charge is 0.361 e. The van der Waals surface area contributed by atoms with Crippen molar-refractivity contribution in [3.8, 4) is 0 Å². The molecule has 2 nitrogen and oxygen atoms in total. The third kappa shape index (κ3) is 10.8. The summed E-state index contributed by atoms with van der Waals surface area (Å²) in [5.74, 6) is 0. The van der Waals surface area contributed by atoms with Crippen LogP contribution in [0.5, 0.6) is 0 Å². The van der Waals surface area contributed by atoms with Gasteiger partial charge in [-0.15, -0.1) is 11.3 Å². The van der Waals surface area contributed by atoms with E-state index < -0.39 is 0 Å². The zero-order chi connectivity index (χ0) is 30.4. The summed E-state index contributed by atoms with van der Waals surface area (Å²) in [5.41, 5.74) is 13.1. The van der Waals surface area contributed by atoms with Gasteiger partial charge < -0.3 is 9.97 Å². The Hall–Kier alpha value is -4.08. The first-order chi connectivity index (χ1) is 20.0. The van der Waals surface area contributed by atoms with Crippen molar-refractivity contribution in [3.05, 3.63) is 141 Å². The predicted molar refractivity (Wildman–Crippen MR) is 208 cm³/mol. The van der Waals surface area contributed by atoms with Gasteiger partial charge in [-0.25, -0.2) is 0 Å². The van der Waals surface area contributed by atoms with E-state index in [9.17, 15) is 0 Å². The van der Waals surface area contributed by atoms with Crippen molar-refractivity contribution in [2.75, 3.05) is 0 Å². The molecule has 0 bridgehead atoms. The Morgan fingerprint density at radius 1 is 0.467 bits per heavy atom. The summed E-state index contributed by atoms with van der Waals surface area (Å²) in [5, 5.41) is 4.01. The van der Waals surface area contributed by atoms with Crippen molar-refractivity contribution in [3.63, 3.8) is 0 Å². The molecule has 240 valence electrons. The van der Waals surface area contributed by atoms with Crippen LogP contribution in [0.25, 0.3) is 31.9 Å². The van der Waals surface area contributed by atoms with Gasteiger partial charge in [0.05, 0.1) is 0 Å². The molecule has 0 amide bonds. The number of hydrogen-bond donors (Lipinski definition) is 2. The lowest BCUT2D eigenvalue weighted by Crippen LogP contribution is -1.79. The van der Waals surface area contributed by atoms with E-state index in [4.69, 9.17) is 0 Å². The Labute approximate surface area is 277 Å². The van der Waals surface area contributed by atoms with Gasteiger partial charge >= 0.3 is 0 Å². The highest BCUT2D eigenvalue weighted by Crippen LogP contribution is 2.25. The molecule has 3 heteroatoms.